The maximum atomic E-state index is 14.5. The Bertz CT molecular complexity index is 542. The molecule has 0 spiro atoms. The Morgan fingerprint density at radius 1 is 1.22 bits per heavy atom. The van der Waals surface area contributed by atoms with E-state index in [4.69, 9.17) is 0 Å². The van der Waals surface area contributed by atoms with Crippen LogP contribution in [0.5, 0.6) is 0 Å². The zero-order valence-corrected chi connectivity index (χ0v) is 14.3. The number of fused-ring (bicyclic) bond motifs is 1. The van der Waals surface area contributed by atoms with Crippen molar-refractivity contribution in [2.75, 3.05) is 11.9 Å². The number of nitrogens with one attached hydrogen (secondary N) is 2. The molecule has 0 atom stereocenters. The number of anilines is 1. The average Bonchev–Trinajstić information content (AvgIpc) is 2.79. The molecule has 23 heavy (non-hydrogen) atoms. The number of hydrogen-bond donors (Lipinski definition) is 2. The van der Waals surface area contributed by atoms with Crippen LogP contribution >= 0.6 is 12.4 Å². The second kappa shape index (κ2) is 8.65. The molecular formula is C18H26ClFN2O. The monoisotopic (exact) mass is 340 g/mol. The smallest absolute Gasteiger partial charge is 0.224 e. The van der Waals surface area contributed by atoms with Gasteiger partial charge >= 0.3 is 0 Å². The van der Waals surface area contributed by atoms with Crippen molar-refractivity contribution in [3.05, 3.63) is 29.1 Å². The number of hydrogen-bond acceptors (Lipinski definition) is 2. The van der Waals surface area contributed by atoms with Crippen LogP contribution in [0.4, 0.5) is 10.1 Å². The summed E-state index contributed by atoms with van der Waals surface area (Å²) < 4.78 is 14.5. The van der Waals surface area contributed by atoms with Gasteiger partial charge in [0.2, 0.25) is 5.91 Å². The standard InChI is InChI=1S/C18H25FN2O.ClH/c19-18-15-9-10-20-12-14(15)7-8-16(18)21-17(22)11-13-5-3-1-2-4-6-13;/h7-8,13,20H,1-6,9-12H2,(H,21,22);1H. The third-order valence-electron chi connectivity index (χ3n) is 4.93. The normalized spacial score (nSPS) is 18.5. The van der Waals surface area contributed by atoms with E-state index in [0.29, 0.717) is 31.0 Å². The summed E-state index contributed by atoms with van der Waals surface area (Å²) >= 11 is 0. The molecule has 3 rings (SSSR count). The number of carbonyl (C=O) groups excluding carboxylic acids is 1. The van der Waals surface area contributed by atoms with E-state index in [-0.39, 0.29) is 24.1 Å². The van der Waals surface area contributed by atoms with Crippen molar-refractivity contribution in [3.63, 3.8) is 0 Å². The third kappa shape index (κ3) is 4.67. The van der Waals surface area contributed by atoms with Gasteiger partial charge in [0, 0.05) is 13.0 Å². The number of carbonyl (C=O) groups is 1. The van der Waals surface area contributed by atoms with E-state index >= 15 is 0 Å². The minimum absolute atomic E-state index is 0. The fraction of sp³-hybridized carbons (Fsp3) is 0.611. The Kier molecular flexibility index (Phi) is 6.85. The van der Waals surface area contributed by atoms with E-state index < -0.39 is 0 Å². The Hall–Kier alpha value is -1.13. The fourth-order valence-electron chi connectivity index (χ4n) is 3.66. The largest absolute Gasteiger partial charge is 0.324 e. The second-order valence-corrected chi connectivity index (χ2v) is 6.60. The molecule has 0 radical (unpaired) electrons. The van der Waals surface area contributed by atoms with E-state index in [9.17, 15) is 9.18 Å². The van der Waals surface area contributed by atoms with Crippen molar-refractivity contribution in [2.24, 2.45) is 5.92 Å². The summed E-state index contributed by atoms with van der Waals surface area (Å²) in [6.45, 7) is 1.51. The number of amides is 1. The zero-order chi connectivity index (χ0) is 15.4. The van der Waals surface area contributed by atoms with Gasteiger partial charge in [0.05, 0.1) is 5.69 Å². The lowest BCUT2D eigenvalue weighted by atomic mass is 9.96. The topological polar surface area (TPSA) is 41.1 Å². The molecule has 1 aromatic rings. The lowest BCUT2D eigenvalue weighted by Crippen LogP contribution is -2.25. The molecule has 2 N–H and O–H groups in total. The van der Waals surface area contributed by atoms with Crippen molar-refractivity contribution >= 4 is 24.0 Å². The van der Waals surface area contributed by atoms with E-state index in [1.54, 1.807) is 6.07 Å². The van der Waals surface area contributed by atoms with Gasteiger partial charge in [0.1, 0.15) is 5.82 Å². The molecular weight excluding hydrogens is 315 g/mol. The molecule has 0 unspecified atom stereocenters. The van der Waals surface area contributed by atoms with Crippen molar-refractivity contribution in [2.45, 2.75) is 57.9 Å². The molecule has 1 aliphatic carbocycles. The molecule has 0 aromatic heterocycles. The Morgan fingerprint density at radius 2 is 1.96 bits per heavy atom. The van der Waals surface area contributed by atoms with E-state index in [1.807, 2.05) is 6.07 Å². The van der Waals surface area contributed by atoms with Crippen molar-refractivity contribution in [1.82, 2.24) is 5.32 Å². The summed E-state index contributed by atoms with van der Waals surface area (Å²) in [6.07, 6.45) is 8.48. The Balaban J connectivity index is 0.00000192. The Labute approximate surface area is 143 Å². The molecule has 5 heteroatoms. The first-order chi connectivity index (χ1) is 10.7. The third-order valence-corrected chi connectivity index (χ3v) is 4.93. The first kappa shape index (κ1) is 18.2. The van der Waals surface area contributed by atoms with Crippen LogP contribution in [-0.2, 0) is 17.8 Å². The first-order valence-corrected chi connectivity index (χ1v) is 8.55. The van der Waals surface area contributed by atoms with Gasteiger partial charge in [-0.05, 0) is 48.9 Å². The fourth-order valence-corrected chi connectivity index (χ4v) is 3.66. The van der Waals surface area contributed by atoms with Crippen molar-refractivity contribution in [1.29, 1.82) is 0 Å². The summed E-state index contributed by atoms with van der Waals surface area (Å²) in [4.78, 5) is 12.2. The maximum absolute atomic E-state index is 14.5. The van der Waals surface area contributed by atoms with Crippen molar-refractivity contribution in [3.8, 4) is 0 Å². The summed E-state index contributed by atoms with van der Waals surface area (Å²) in [5, 5.41) is 6.03. The average molecular weight is 341 g/mol. The van der Waals surface area contributed by atoms with Crippen LogP contribution < -0.4 is 10.6 Å². The molecule has 3 nitrogen and oxygen atoms in total. The summed E-state index contributed by atoms with van der Waals surface area (Å²) in [5.41, 5.74) is 2.11. The van der Waals surface area contributed by atoms with Gasteiger partial charge in [-0.25, -0.2) is 4.39 Å². The highest BCUT2D eigenvalue weighted by molar-refractivity contribution is 5.91. The second-order valence-electron chi connectivity index (χ2n) is 6.60. The van der Waals surface area contributed by atoms with Gasteiger partial charge in [-0.15, -0.1) is 12.4 Å². The lowest BCUT2D eigenvalue weighted by Gasteiger charge is -2.20. The molecule has 0 bridgehead atoms. The van der Waals surface area contributed by atoms with E-state index in [0.717, 1.165) is 30.5 Å². The van der Waals surface area contributed by atoms with Crippen LogP contribution in [0.2, 0.25) is 0 Å². The minimum Gasteiger partial charge on any atom is -0.324 e. The molecule has 1 heterocycles. The van der Waals surface area contributed by atoms with Gasteiger partial charge in [-0.2, -0.15) is 0 Å². The summed E-state index contributed by atoms with van der Waals surface area (Å²) in [6, 6.07) is 3.62. The van der Waals surface area contributed by atoms with Crippen LogP contribution in [0.1, 0.15) is 56.1 Å². The quantitative estimate of drug-likeness (QED) is 0.810. The molecule has 1 amide bonds. The van der Waals surface area contributed by atoms with Gasteiger partial charge < -0.3 is 10.6 Å². The van der Waals surface area contributed by atoms with Crippen molar-refractivity contribution < 1.29 is 9.18 Å². The van der Waals surface area contributed by atoms with Gasteiger partial charge in [-0.3, -0.25) is 4.79 Å². The number of benzene rings is 1. The summed E-state index contributed by atoms with van der Waals surface area (Å²) in [5.74, 6) is 0.181. The minimum atomic E-state index is -0.242. The highest BCUT2D eigenvalue weighted by Crippen LogP contribution is 2.27. The van der Waals surface area contributed by atoms with E-state index in [1.165, 1.54) is 25.7 Å². The highest BCUT2D eigenvalue weighted by atomic mass is 35.5. The highest BCUT2D eigenvalue weighted by Gasteiger charge is 2.20. The van der Waals surface area contributed by atoms with Crippen LogP contribution in [0, 0.1) is 11.7 Å². The number of rotatable bonds is 3. The molecule has 2 aliphatic rings. The Morgan fingerprint density at radius 3 is 2.70 bits per heavy atom. The predicted molar refractivity (Wildman–Crippen MR) is 93.5 cm³/mol. The maximum Gasteiger partial charge on any atom is 0.224 e. The molecule has 128 valence electrons. The van der Waals surface area contributed by atoms with Crippen LogP contribution in [0.25, 0.3) is 0 Å². The molecule has 1 fully saturated rings. The SMILES string of the molecule is Cl.O=C(CC1CCCCCC1)Nc1ccc2c(c1F)CCNC2. The van der Waals surface area contributed by atoms with E-state index in [2.05, 4.69) is 10.6 Å². The van der Waals surface area contributed by atoms with Gasteiger partial charge in [-0.1, -0.05) is 31.7 Å². The summed E-state index contributed by atoms with van der Waals surface area (Å²) in [7, 11) is 0. The van der Waals surface area contributed by atoms with Crippen LogP contribution in [-0.4, -0.2) is 12.5 Å². The van der Waals surface area contributed by atoms with Gasteiger partial charge in [0.25, 0.3) is 0 Å². The molecule has 1 saturated carbocycles. The predicted octanol–water partition coefficient (Wildman–Crippen LogP) is 4.19. The van der Waals surface area contributed by atoms with Gasteiger partial charge in [0.15, 0.2) is 0 Å². The molecule has 1 aliphatic heterocycles. The van der Waals surface area contributed by atoms with Crippen LogP contribution in [0.3, 0.4) is 0 Å². The number of halogens is 2. The molecule has 1 aromatic carbocycles. The van der Waals surface area contributed by atoms with Crippen LogP contribution in [0.15, 0.2) is 12.1 Å². The lowest BCUT2D eigenvalue weighted by molar-refractivity contribution is -0.117. The zero-order valence-electron chi connectivity index (χ0n) is 13.5. The molecule has 0 saturated heterocycles. The first-order valence-electron chi connectivity index (χ1n) is 8.55.